The number of Topliss-reactive ketones (excluding diaryl/α,β-unsaturated/α-hetero) is 1. The summed E-state index contributed by atoms with van der Waals surface area (Å²) >= 11 is 4.26. The molecule has 10 atom stereocenters. The highest BCUT2D eigenvalue weighted by atomic mass is 32.2. The van der Waals surface area contributed by atoms with Crippen LogP contribution in [-0.2, 0) is 4.79 Å². The predicted molar refractivity (Wildman–Crippen MR) is 129 cm³/mol. The van der Waals surface area contributed by atoms with E-state index in [9.17, 15) is 14.4 Å². The summed E-state index contributed by atoms with van der Waals surface area (Å²) in [6.45, 7) is 0. The number of aromatic nitrogens is 3. The number of rotatable bonds is 1. The maximum absolute atomic E-state index is 14.5. The molecule has 1 saturated heterocycles. The second-order valence-corrected chi connectivity index (χ2v) is 14.6. The van der Waals surface area contributed by atoms with Crippen LogP contribution in [0.5, 0.6) is 0 Å². The average Bonchev–Trinajstić information content (AvgIpc) is 3.49. The molecule has 0 N–H and O–H groups in total. The fourth-order valence-corrected chi connectivity index (χ4v) is 16.0. The van der Waals surface area contributed by atoms with Gasteiger partial charge in [0, 0.05) is 11.3 Å². The molecule has 0 unspecified atom stereocenters. The van der Waals surface area contributed by atoms with Crippen molar-refractivity contribution in [2.24, 2.45) is 46.3 Å². The van der Waals surface area contributed by atoms with Crippen LogP contribution in [0.3, 0.4) is 0 Å². The third kappa shape index (κ3) is 1.31. The largest absolute Gasteiger partial charge is 0.352 e. The zero-order valence-corrected chi connectivity index (χ0v) is 20.0. The van der Waals surface area contributed by atoms with E-state index in [2.05, 4.69) is 35.7 Å². The topological polar surface area (TPSA) is 66.0 Å². The van der Waals surface area contributed by atoms with E-state index in [0.29, 0.717) is 41.1 Å². The summed E-state index contributed by atoms with van der Waals surface area (Å²) in [5.41, 5.74) is -0.659. The molecule has 172 valence electrons. The number of carbonyl (C=O) groups is 1. The molecule has 34 heavy (non-hydrogen) atoms. The lowest BCUT2D eigenvalue weighted by Crippen LogP contribution is -2.81. The minimum atomic E-state index is -0.495. The lowest BCUT2D eigenvalue weighted by molar-refractivity contribution is -0.240. The van der Waals surface area contributed by atoms with Gasteiger partial charge in [-0.1, -0.05) is 30.4 Å². The van der Waals surface area contributed by atoms with Gasteiger partial charge in [-0.2, -0.15) is 0 Å². The molecule has 2 aromatic rings. The number of carbonyl (C=O) groups excluding carboxylic acids is 1. The van der Waals surface area contributed by atoms with E-state index in [1.54, 1.807) is 9.36 Å². The Morgan fingerprint density at radius 1 is 0.824 bits per heavy atom. The molecule has 4 heterocycles. The van der Waals surface area contributed by atoms with Crippen LogP contribution in [0.1, 0.15) is 24.9 Å². The van der Waals surface area contributed by atoms with Gasteiger partial charge in [0.15, 0.2) is 0 Å². The van der Waals surface area contributed by atoms with Gasteiger partial charge in [-0.15, -0.1) is 23.5 Å². The summed E-state index contributed by atoms with van der Waals surface area (Å²) in [5.74, 6) is 5.44. The van der Waals surface area contributed by atoms with Crippen molar-refractivity contribution in [3.8, 4) is 5.69 Å². The number of nitrogens with zero attached hydrogens (tertiary/aromatic N) is 3. The first-order chi connectivity index (χ1) is 16.6. The zero-order valence-electron chi connectivity index (χ0n) is 18.4. The summed E-state index contributed by atoms with van der Waals surface area (Å²) in [7, 11) is 0. The lowest BCUT2D eigenvalue weighted by Gasteiger charge is -2.76. The molecular formula is C26H23N3O3S2. The van der Waals surface area contributed by atoms with Gasteiger partial charge in [-0.05, 0) is 66.1 Å². The third-order valence-electron chi connectivity index (χ3n) is 11.5. The van der Waals surface area contributed by atoms with Gasteiger partial charge in [0.1, 0.15) is 5.78 Å². The number of allylic oxidation sites excluding steroid dienone is 2. The van der Waals surface area contributed by atoms with Gasteiger partial charge in [-0.3, -0.25) is 4.79 Å². The smallest absolute Gasteiger partial charge is 0.299 e. The van der Waals surface area contributed by atoms with Crippen molar-refractivity contribution >= 4 is 29.3 Å². The van der Waals surface area contributed by atoms with E-state index in [4.69, 9.17) is 0 Å². The highest BCUT2D eigenvalue weighted by molar-refractivity contribution is 8.18. The van der Waals surface area contributed by atoms with Crippen LogP contribution < -0.4 is 11.4 Å². The van der Waals surface area contributed by atoms with E-state index in [-0.39, 0.29) is 38.9 Å². The Labute approximate surface area is 203 Å². The van der Waals surface area contributed by atoms with Gasteiger partial charge in [0.05, 0.1) is 27.3 Å². The summed E-state index contributed by atoms with van der Waals surface area (Å²) in [6.07, 6.45) is 6.77. The quantitative estimate of drug-likeness (QED) is 0.577. The molecule has 3 aliphatic heterocycles. The SMILES string of the molecule is O=C1[C@H]2[C@@H]3C[C@@H]4[C@H]2C2(SCCCS2)[C@]25[C@@H]4[C@@H]3[C@]12[C@H]1C=C[C@@H]5n2c(=O)n(-c3ccccc3)c(=O)n21. The summed E-state index contributed by atoms with van der Waals surface area (Å²) in [5, 5.41) is 0. The molecule has 6 fully saturated rings. The van der Waals surface area contributed by atoms with Crippen LogP contribution in [0.25, 0.3) is 5.69 Å². The molecule has 1 aromatic heterocycles. The van der Waals surface area contributed by atoms with Crippen LogP contribution in [-0.4, -0.2) is 35.3 Å². The molecule has 1 aromatic carbocycles. The van der Waals surface area contributed by atoms with Crippen molar-refractivity contribution in [3.05, 3.63) is 63.5 Å². The second kappa shape index (κ2) is 5.12. The maximum Gasteiger partial charge on any atom is 0.352 e. The third-order valence-corrected chi connectivity index (χ3v) is 15.3. The summed E-state index contributed by atoms with van der Waals surface area (Å²) in [4.78, 5) is 42.4. The average molecular weight is 490 g/mol. The van der Waals surface area contributed by atoms with E-state index < -0.39 is 5.41 Å². The normalized spacial score (nSPS) is 50.3. The first kappa shape index (κ1) is 18.4. The van der Waals surface area contributed by atoms with Gasteiger partial charge in [0.25, 0.3) is 0 Å². The molecular weight excluding hydrogens is 466 g/mol. The minimum Gasteiger partial charge on any atom is -0.299 e. The molecule has 9 aliphatic rings. The fourth-order valence-electron chi connectivity index (χ4n) is 11.5. The van der Waals surface area contributed by atoms with Crippen LogP contribution in [0.4, 0.5) is 0 Å². The summed E-state index contributed by atoms with van der Waals surface area (Å²) in [6, 6.07) is 8.73. The number of fused-ring (bicyclic) bond motifs is 2. The van der Waals surface area contributed by atoms with Gasteiger partial charge < -0.3 is 0 Å². The van der Waals surface area contributed by atoms with Crippen LogP contribution in [0.15, 0.2) is 52.1 Å². The van der Waals surface area contributed by atoms with E-state index in [0.717, 1.165) is 11.5 Å². The highest BCUT2D eigenvalue weighted by Crippen LogP contribution is 3.01. The van der Waals surface area contributed by atoms with Gasteiger partial charge in [-0.25, -0.2) is 23.5 Å². The molecule has 0 amide bonds. The number of hydrogen-bond donors (Lipinski definition) is 0. The Bertz CT molecular complexity index is 1520. The standard InChI is InChI=1S/C26H23N3O3S2/c30-21-17-13-11-14-18(17)26(33-9-4-10-34-26)25-16-8-7-15(24(21,25)19(13)20(14)25)28-22(31)27(23(32)29(16)28)12-5-2-1-3-6-12/h1-3,5-8,13-20H,4,9-11H2/t13-,14+,15+,16-,17-,18+,19+,20-,24+,25+/m0/s1. The van der Waals surface area contributed by atoms with Crippen molar-refractivity contribution < 1.29 is 4.79 Å². The van der Waals surface area contributed by atoms with Gasteiger partial charge >= 0.3 is 11.4 Å². The van der Waals surface area contributed by atoms with Crippen molar-refractivity contribution in [2.75, 3.05) is 11.5 Å². The minimum absolute atomic E-state index is 0.00414. The van der Waals surface area contributed by atoms with Crippen molar-refractivity contribution in [2.45, 2.75) is 29.0 Å². The van der Waals surface area contributed by atoms with Crippen LogP contribution in [0, 0.1) is 46.3 Å². The van der Waals surface area contributed by atoms with Gasteiger partial charge in [0.2, 0.25) is 0 Å². The molecule has 5 saturated carbocycles. The first-order valence-corrected chi connectivity index (χ1v) is 14.6. The molecule has 8 heteroatoms. The highest BCUT2D eigenvalue weighted by Gasteiger charge is 3.02. The Kier molecular flexibility index (Phi) is 2.76. The van der Waals surface area contributed by atoms with Crippen LogP contribution in [0.2, 0.25) is 0 Å². The Morgan fingerprint density at radius 2 is 1.53 bits per heavy atom. The number of ketones is 1. The Hall–Kier alpha value is -1.93. The first-order valence-electron chi connectivity index (χ1n) is 12.6. The number of para-hydroxylation sites is 1. The molecule has 0 radical (unpaired) electrons. The van der Waals surface area contributed by atoms with Crippen molar-refractivity contribution in [3.63, 3.8) is 0 Å². The van der Waals surface area contributed by atoms with E-state index in [1.807, 2.05) is 30.3 Å². The fraction of sp³-hybridized carbons (Fsp3) is 0.577. The molecule has 4 bridgehead atoms. The summed E-state index contributed by atoms with van der Waals surface area (Å²) < 4.78 is 4.84. The lowest BCUT2D eigenvalue weighted by atomic mass is 9.33. The Morgan fingerprint density at radius 3 is 2.29 bits per heavy atom. The number of benzene rings is 1. The van der Waals surface area contributed by atoms with Crippen molar-refractivity contribution in [1.29, 1.82) is 0 Å². The predicted octanol–water partition coefficient (Wildman–Crippen LogP) is 2.73. The van der Waals surface area contributed by atoms with Crippen molar-refractivity contribution in [1.82, 2.24) is 13.9 Å². The Balaban J connectivity index is 1.34. The van der Waals surface area contributed by atoms with Crippen LogP contribution >= 0.6 is 23.5 Å². The second-order valence-electron chi connectivity index (χ2n) is 11.7. The molecule has 3 spiro atoms. The zero-order chi connectivity index (χ0) is 22.4. The van der Waals surface area contributed by atoms with E-state index in [1.165, 1.54) is 17.4 Å². The number of hydrogen-bond acceptors (Lipinski definition) is 5. The molecule has 11 rings (SSSR count). The van der Waals surface area contributed by atoms with E-state index >= 15 is 0 Å². The molecule has 6 nitrogen and oxygen atoms in total. The molecule has 6 aliphatic carbocycles. The monoisotopic (exact) mass is 489 g/mol. The maximum atomic E-state index is 14.5. The number of thioether (sulfide) groups is 2.